The highest BCUT2D eigenvalue weighted by molar-refractivity contribution is 14.1. The Morgan fingerprint density at radius 2 is 2.00 bits per heavy atom. The zero-order valence-electron chi connectivity index (χ0n) is 19.0. The summed E-state index contributed by atoms with van der Waals surface area (Å²) in [5.41, 5.74) is 8.59. The fourth-order valence-electron chi connectivity index (χ4n) is 3.94. The minimum absolute atomic E-state index is 0.303. The molecule has 0 atom stereocenters. The predicted octanol–water partition coefficient (Wildman–Crippen LogP) is 3.69. The molecule has 1 saturated heterocycles. The molecular weight excluding hydrogens is 571 g/mol. The van der Waals surface area contributed by atoms with Crippen LogP contribution in [0.3, 0.4) is 0 Å². The summed E-state index contributed by atoms with van der Waals surface area (Å²) in [5, 5.41) is 4.60. The lowest BCUT2D eigenvalue weighted by atomic mass is 9.97. The number of ether oxygens (including phenoxy) is 1. The van der Waals surface area contributed by atoms with Crippen LogP contribution in [-0.2, 0) is 13.0 Å². The number of amides is 1. The summed E-state index contributed by atoms with van der Waals surface area (Å²) in [7, 11) is 3.21. The Bertz CT molecular complexity index is 1290. The van der Waals surface area contributed by atoms with Gasteiger partial charge in [0.15, 0.2) is 0 Å². The van der Waals surface area contributed by atoms with Crippen molar-refractivity contribution >= 4 is 56.9 Å². The number of piperazine rings is 1. The maximum atomic E-state index is 13.2. The maximum Gasteiger partial charge on any atom is 0.414 e. The molecule has 0 radical (unpaired) electrons. The van der Waals surface area contributed by atoms with E-state index in [0.717, 1.165) is 46.3 Å². The number of nitrogens with two attached hydrogens (primary N) is 1. The number of carbonyl (C=O) groups is 1. The second-order valence-corrected chi connectivity index (χ2v) is 9.95. The fourth-order valence-corrected chi connectivity index (χ4v) is 4.71. The smallest absolute Gasteiger partial charge is 0.414 e. The zero-order valence-corrected chi connectivity index (χ0v) is 21.9. The first-order valence-electron chi connectivity index (χ1n) is 10.9. The van der Waals surface area contributed by atoms with Crippen molar-refractivity contribution in [3.05, 3.63) is 66.0 Å². The van der Waals surface area contributed by atoms with Gasteiger partial charge in [-0.25, -0.2) is 9.59 Å². The van der Waals surface area contributed by atoms with Gasteiger partial charge in [0.2, 0.25) is 0 Å². The van der Waals surface area contributed by atoms with Crippen molar-refractivity contribution < 1.29 is 13.9 Å². The highest BCUT2D eigenvalue weighted by atomic mass is 127. The summed E-state index contributed by atoms with van der Waals surface area (Å²) in [5.74, 6) is 0.342. The molecule has 0 bridgehead atoms. The largest absolute Gasteiger partial charge is 0.422 e. The number of halogens is 2. The van der Waals surface area contributed by atoms with Crippen LogP contribution in [0.2, 0.25) is 5.02 Å². The molecule has 0 aliphatic carbocycles. The van der Waals surface area contributed by atoms with Crippen molar-refractivity contribution in [2.24, 2.45) is 0 Å². The number of hydrogen-bond donors (Lipinski definition) is 2. The molecule has 2 aromatic carbocycles. The number of carbonyl (C=O) groups excluding carboxylic acids is 1. The van der Waals surface area contributed by atoms with Gasteiger partial charge >= 0.3 is 11.7 Å². The molecule has 34 heavy (non-hydrogen) atoms. The molecule has 0 unspecified atom stereocenters. The number of nitrogen functional groups attached to an aromatic ring is 1. The van der Waals surface area contributed by atoms with Crippen LogP contribution < -0.4 is 21.4 Å². The minimum atomic E-state index is -0.506. The van der Waals surface area contributed by atoms with Crippen LogP contribution in [0.5, 0.6) is 5.75 Å². The summed E-state index contributed by atoms with van der Waals surface area (Å²) < 4.78 is 11.9. The van der Waals surface area contributed by atoms with Crippen LogP contribution in [0.15, 0.2) is 39.5 Å². The van der Waals surface area contributed by atoms with E-state index < -0.39 is 11.7 Å². The van der Waals surface area contributed by atoms with Crippen LogP contribution in [0.4, 0.5) is 10.5 Å². The van der Waals surface area contributed by atoms with Crippen LogP contribution in [0.25, 0.3) is 11.0 Å². The first kappa shape index (κ1) is 24.8. The summed E-state index contributed by atoms with van der Waals surface area (Å²) in [6, 6.07) is 8.93. The standard InChI is InChI=1S/C24H26ClIN4O4/c1-29(2)24(32)34-21-12-20-15(11-18(21)26)17(13-30-8-6-28-7-9-30)16(23(31)33-20)10-14-4-3-5-19(27)22(14)25/h3-5,11-12,28H,6-10,13,27H2,1-2H3. The molecule has 10 heteroatoms. The Morgan fingerprint density at radius 3 is 2.71 bits per heavy atom. The van der Waals surface area contributed by atoms with Crippen molar-refractivity contribution in [2.75, 3.05) is 46.0 Å². The van der Waals surface area contributed by atoms with E-state index in [1.54, 1.807) is 26.2 Å². The second-order valence-electron chi connectivity index (χ2n) is 8.41. The summed E-state index contributed by atoms with van der Waals surface area (Å²) in [6.07, 6.45) is -0.203. The molecule has 0 spiro atoms. The van der Waals surface area contributed by atoms with E-state index >= 15 is 0 Å². The van der Waals surface area contributed by atoms with Gasteiger partial charge in [-0.1, -0.05) is 23.7 Å². The third kappa shape index (κ3) is 5.32. The number of anilines is 1. The number of nitrogens with one attached hydrogen (secondary N) is 1. The normalized spacial score (nSPS) is 14.4. The molecule has 0 saturated carbocycles. The molecular formula is C24H26ClIN4O4. The summed E-state index contributed by atoms with van der Waals surface area (Å²) >= 11 is 8.58. The lowest BCUT2D eigenvalue weighted by Crippen LogP contribution is -2.43. The van der Waals surface area contributed by atoms with Gasteiger partial charge in [0.05, 0.1) is 14.3 Å². The number of nitrogens with zero attached hydrogens (tertiary/aromatic N) is 2. The molecule has 1 aliphatic rings. The predicted molar refractivity (Wildman–Crippen MR) is 142 cm³/mol. The Balaban J connectivity index is 1.85. The average molecular weight is 597 g/mol. The van der Waals surface area contributed by atoms with Gasteiger partial charge < -0.3 is 25.1 Å². The number of fused-ring (bicyclic) bond motifs is 1. The van der Waals surface area contributed by atoms with Gasteiger partial charge in [0.25, 0.3) is 0 Å². The van der Waals surface area contributed by atoms with Crippen LogP contribution in [0, 0.1) is 3.57 Å². The van der Waals surface area contributed by atoms with Crippen molar-refractivity contribution in [3.8, 4) is 5.75 Å². The van der Waals surface area contributed by atoms with Crippen molar-refractivity contribution in [1.29, 1.82) is 0 Å². The average Bonchev–Trinajstić information content (AvgIpc) is 2.80. The lowest BCUT2D eigenvalue weighted by Gasteiger charge is -2.28. The topological polar surface area (TPSA) is 101 Å². The summed E-state index contributed by atoms with van der Waals surface area (Å²) in [6.45, 7) is 4.10. The van der Waals surface area contributed by atoms with Gasteiger partial charge in [-0.3, -0.25) is 4.90 Å². The molecule has 2 heterocycles. The minimum Gasteiger partial charge on any atom is -0.422 e. The number of benzene rings is 2. The highest BCUT2D eigenvalue weighted by Crippen LogP contribution is 2.33. The van der Waals surface area contributed by atoms with E-state index in [1.807, 2.05) is 18.2 Å². The molecule has 1 amide bonds. The monoisotopic (exact) mass is 596 g/mol. The number of hydrogen-bond acceptors (Lipinski definition) is 7. The number of rotatable bonds is 5. The Kier molecular flexibility index (Phi) is 7.66. The summed E-state index contributed by atoms with van der Waals surface area (Å²) in [4.78, 5) is 29.0. The lowest BCUT2D eigenvalue weighted by molar-refractivity contribution is 0.171. The third-order valence-corrected chi connectivity index (χ3v) is 7.11. The van der Waals surface area contributed by atoms with E-state index in [2.05, 4.69) is 32.8 Å². The van der Waals surface area contributed by atoms with Gasteiger partial charge in [0.1, 0.15) is 11.3 Å². The quantitative estimate of drug-likeness (QED) is 0.263. The van der Waals surface area contributed by atoms with Crippen LogP contribution in [0.1, 0.15) is 16.7 Å². The van der Waals surface area contributed by atoms with Crippen LogP contribution in [-0.4, -0.2) is 56.2 Å². The second kappa shape index (κ2) is 10.5. The SMILES string of the molecule is CN(C)C(=O)Oc1cc2oc(=O)c(Cc3cccc(N)c3Cl)c(CN3CCNCC3)c2cc1I. The van der Waals surface area contributed by atoms with E-state index in [-0.39, 0.29) is 0 Å². The Labute approximate surface area is 216 Å². The Morgan fingerprint density at radius 1 is 1.26 bits per heavy atom. The molecule has 1 fully saturated rings. The first-order chi connectivity index (χ1) is 16.2. The van der Waals surface area contributed by atoms with E-state index in [4.69, 9.17) is 26.5 Å². The molecule has 180 valence electrons. The molecule has 1 aliphatic heterocycles. The van der Waals surface area contributed by atoms with Gasteiger partial charge in [-0.2, -0.15) is 0 Å². The Hall–Kier alpha value is -2.34. The van der Waals surface area contributed by atoms with Crippen LogP contribution >= 0.6 is 34.2 Å². The van der Waals surface area contributed by atoms with Crippen molar-refractivity contribution in [1.82, 2.24) is 15.1 Å². The van der Waals surface area contributed by atoms with E-state index in [1.165, 1.54) is 4.90 Å². The highest BCUT2D eigenvalue weighted by Gasteiger charge is 2.22. The molecule has 8 nitrogen and oxygen atoms in total. The van der Waals surface area contributed by atoms with Crippen molar-refractivity contribution in [3.63, 3.8) is 0 Å². The van der Waals surface area contributed by atoms with E-state index in [9.17, 15) is 9.59 Å². The van der Waals surface area contributed by atoms with Gasteiger partial charge in [0, 0.05) is 70.3 Å². The van der Waals surface area contributed by atoms with Gasteiger partial charge in [-0.05, 0) is 45.9 Å². The molecule has 4 rings (SSSR count). The third-order valence-electron chi connectivity index (χ3n) is 5.80. The fraction of sp³-hybridized carbons (Fsp3) is 0.333. The zero-order chi connectivity index (χ0) is 24.4. The van der Waals surface area contributed by atoms with Gasteiger partial charge in [-0.15, -0.1) is 0 Å². The maximum absolute atomic E-state index is 13.2. The first-order valence-corrected chi connectivity index (χ1v) is 12.3. The molecule has 3 N–H and O–H groups in total. The molecule has 3 aromatic rings. The van der Waals surface area contributed by atoms with Crippen molar-refractivity contribution in [2.45, 2.75) is 13.0 Å². The molecule has 1 aromatic heterocycles. The van der Waals surface area contributed by atoms with E-state index in [0.29, 0.717) is 40.6 Å².